The molecule has 0 saturated carbocycles. The van der Waals surface area contributed by atoms with Gasteiger partial charge < -0.3 is 14.6 Å². The Balaban J connectivity index is 2.24. The maximum absolute atomic E-state index is 11.6. The van der Waals surface area contributed by atoms with Crippen molar-refractivity contribution in [1.29, 1.82) is 0 Å². The van der Waals surface area contributed by atoms with E-state index in [4.69, 9.17) is 9.47 Å². The molecule has 2 rings (SSSR count). The zero-order valence-corrected chi connectivity index (χ0v) is 13.9. The van der Waals surface area contributed by atoms with E-state index in [1.165, 1.54) is 0 Å². The summed E-state index contributed by atoms with van der Waals surface area (Å²) in [5, 5.41) is 9.49. The fourth-order valence-electron chi connectivity index (χ4n) is 2.40. The number of aryl methyl sites for hydroxylation is 3. The molecule has 23 heavy (non-hydrogen) atoms. The highest BCUT2D eigenvalue weighted by Gasteiger charge is 2.22. The minimum Gasteiger partial charge on any atom is -0.496 e. The van der Waals surface area contributed by atoms with Gasteiger partial charge in [0.1, 0.15) is 11.5 Å². The van der Waals surface area contributed by atoms with Gasteiger partial charge in [-0.3, -0.25) is 0 Å². The van der Waals surface area contributed by atoms with Crippen LogP contribution in [-0.2, 0) is 11.2 Å². The highest BCUT2D eigenvalue weighted by atomic mass is 16.5. The Morgan fingerprint density at radius 2 is 1.83 bits per heavy atom. The van der Waals surface area contributed by atoms with Gasteiger partial charge in [0.15, 0.2) is 6.10 Å². The van der Waals surface area contributed by atoms with Crippen LogP contribution < -0.4 is 9.47 Å². The number of aliphatic carboxylic acids is 1. The molecule has 1 N–H and O–H groups in total. The van der Waals surface area contributed by atoms with E-state index in [0.29, 0.717) is 11.5 Å². The Bertz CT molecular complexity index is 707. The molecular formula is C19H22O4. The molecule has 2 aromatic carbocycles. The quantitative estimate of drug-likeness (QED) is 0.883. The largest absolute Gasteiger partial charge is 0.496 e. The van der Waals surface area contributed by atoms with Crippen LogP contribution in [-0.4, -0.2) is 24.3 Å². The van der Waals surface area contributed by atoms with Crippen LogP contribution in [0.15, 0.2) is 36.4 Å². The third-order valence-corrected chi connectivity index (χ3v) is 3.87. The smallest absolute Gasteiger partial charge is 0.345 e. The van der Waals surface area contributed by atoms with E-state index in [9.17, 15) is 9.90 Å². The van der Waals surface area contributed by atoms with Gasteiger partial charge in [0.25, 0.3) is 0 Å². The van der Waals surface area contributed by atoms with Crippen LogP contribution in [0.1, 0.15) is 22.3 Å². The maximum Gasteiger partial charge on any atom is 0.345 e. The number of benzene rings is 2. The van der Waals surface area contributed by atoms with Crippen LogP contribution in [0.5, 0.6) is 11.5 Å². The van der Waals surface area contributed by atoms with Gasteiger partial charge in [-0.05, 0) is 55.7 Å². The second kappa shape index (κ2) is 7.18. The normalized spacial score (nSPS) is 11.8. The highest BCUT2D eigenvalue weighted by molar-refractivity contribution is 5.73. The summed E-state index contributed by atoms with van der Waals surface area (Å²) in [5.41, 5.74) is 4.09. The van der Waals surface area contributed by atoms with Crippen molar-refractivity contribution in [3.05, 3.63) is 58.7 Å². The van der Waals surface area contributed by atoms with Gasteiger partial charge >= 0.3 is 5.97 Å². The molecule has 1 unspecified atom stereocenters. The molecule has 0 aliphatic carbocycles. The number of hydrogen-bond donors (Lipinski definition) is 1. The first-order valence-corrected chi connectivity index (χ1v) is 7.51. The van der Waals surface area contributed by atoms with E-state index in [2.05, 4.69) is 0 Å². The van der Waals surface area contributed by atoms with Crippen molar-refractivity contribution in [3.63, 3.8) is 0 Å². The molecule has 0 bridgehead atoms. The average Bonchev–Trinajstić information content (AvgIpc) is 2.50. The Morgan fingerprint density at radius 3 is 2.43 bits per heavy atom. The summed E-state index contributed by atoms with van der Waals surface area (Å²) in [6, 6.07) is 11.3. The van der Waals surface area contributed by atoms with E-state index in [1.54, 1.807) is 13.2 Å². The summed E-state index contributed by atoms with van der Waals surface area (Å²) in [6.07, 6.45) is -0.722. The third kappa shape index (κ3) is 4.25. The minimum atomic E-state index is -0.994. The summed E-state index contributed by atoms with van der Waals surface area (Å²) in [6.45, 7) is 5.94. The second-order valence-electron chi connectivity index (χ2n) is 5.71. The van der Waals surface area contributed by atoms with E-state index in [-0.39, 0.29) is 6.42 Å². The third-order valence-electron chi connectivity index (χ3n) is 3.87. The number of rotatable bonds is 6. The van der Waals surface area contributed by atoms with Gasteiger partial charge in [-0.25, -0.2) is 4.79 Å². The first kappa shape index (κ1) is 16.9. The summed E-state index contributed by atoms with van der Waals surface area (Å²) in [7, 11) is 1.58. The summed E-state index contributed by atoms with van der Waals surface area (Å²) >= 11 is 0. The fourth-order valence-corrected chi connectivity index (χ4v) is 2.40. The Morgan fingerprint density at radius 1 is 1.09 bits per heavy atom. The van der Waals surface area contributed by atoms with E-state index < -0.39 is 12.1 Å². The second-order valence-corrected chi connectivity index (χ2v) is 5.71. The SMILES string of the molecule is COc1ccc(C)cc1CC(Oc1ccc(C)c(C)c1)C(=O)O. The van der Waals surface area contributed by atoms with Crippen LogP contribution in [0, 0.1) is 20.8 Å². The lowest BCUT2D eigenvalue weighted by atomic mass is 10.0. The average molecular weight is 314 g/mol. The van der Waals surface area contributed by atoms with Gasteiger partial charge in [-0.1, -0.05) is 23.8 Å². The van der Waals surface area contributed by atoms with Gasteiger partial charge in [0.05, 0.1) is 7.11 Å². The van der Waals surface area contributed by atoms with Crippen molar-refractivity contribution >= 4 is 5.97 Å². The van der Waals surface area contributed by atoms with Crippen LogP contribution in [0.2, 0.25) is 0 Å². The Labute approximate surface area is 136 Å². The van der Waals surface area contributed by atoms with E-state index >= 15 is 0 Å². The lowest BCUT2D eigenvalue weighted by Crippen LogP contribution is -2.29. The predicted octanol–water partition coefficient (Wildman–Crippen LogP) is 3.70. The lowest BCUT2D eigenvalue weighted by Gasteiger charge is -2.18. The van der Waals surface area contributed by atoms with Crippen molar-refractivity contribution in [2.75, 3.05) is 7.11 Å². The fraction of sp³-hybridized carbons (Fsp3) is 0.316. The topological polar surface area (TPSA) is 55.8 Å². The number of methoxy groups -OCH3 is 1. The number of ether oxygens (including phenoxy) is 2. The first-order chi connectivity index (χ1) is 10.9. The van der Waals surface area contributed by atoms with Gasteiger partial charge in [-0.15, -0.1) is 0 Å². The monoisotopic (exact) mass is 314 g/mol. The molecule has 1 atom stereocenters. The van der Waals surface area contributed by atoms with Crippen LogP contribution in [0.3, 0.4) is 0 Å². The maximum atomic E-state index is 11.6. The van der Waals surface area contributed by atoms with Crippen molar-refractivity contribution in [2.45, 2.75) is 33.3 Å². The number of carboxylic acid groups (broad SMARTS) is 1. The van der Waals surface area contributed by atoms with Crippen LogP contribution in [0.4, 0.5) is 0 Å². The molecular weight excluding hydrogens is 292 g/mol. The molecule has 0 amide bonds. The van der Waals surface area contributed by atoms with Gasteiger partial charge in [0, 0.05) is 6.42 Å². The molecule has 122 valence electrons. The van der Waals surface area contributed by atoms with Crippen LogP contribution in [0.25, 0.3) is 0 Å². The van der Waals surface area contributed by atoms with Crippen molar-refractivity contribution < 1.29 is 19.4 Å². The van der Waals surface area contributed by atoms with Gasteiger partial charge in [-0.2, -0.15) is 0 Å². The molecule has 0 radical (unpaired) electrons. The molecule has 0 aliphatic rings. The number of carboxylic acids is 1. The lowest BCUT2D eigenvalue weighted by molar-refractivity contribution is -0.145. The summed E-state index contributed by atoms with van der Waals surface area (Å²) in [5.74, 6) is 0.240. The Hall–Kier alpha value is -2.49. The molecule has 4 heteroatoms. The zero-order valence-electron chi connectivity index (χ0n) is 13.9. The molecule has 0 aliphatic heterocycles. The molecule has 0 aromatic heterocycles. The standard InChI is InChI=1S/C19H22O4/c1-12-5-8-17(22-4)15(9-12)11-18(19(20)21)23-16-7-6-13(2)14(3)10-16/h5-10,18H,11H2,1-4H3,(H,20,21). The van der Waals surface area contributed by atoms with Crippen molar-refractivity contribution in [2.24, 2.45) is 0 Å². The summed E-state index contributed by atoms with van der Waals surface area (Å²) in [4.78, 5) is 11.6. The Kier molecular flexibility index (Phi) is 5.27. The zero-order chi connectivity index (χ0) is 17.0. The molecule has 0 saturated heterocycles. The molecule has 4 nitrogen and oxygen atoms in total. The highest BCUT2D eigenvalue weighted by Crippen LogP contribution is 2.24. The summed E-state index contributed by atoms with van der Waals surface area (Å²) < 4.78 is 11.0. The number of carbonyl (C=O) groups is 1. The van der Waals surface area contributed by atoms with E-state index in [1.807, 2.05) is 51.1 Å². The van der Waals surface area contributed by atoms with Gasteiger partial charge in [0.2, 0.25) is 0 Å². The predicted molar refractivity (Wildman–Crippen MR) is 89.4 cm³/mol. The molecule has 0 heterocycles. The van der Waals surface area contributed by atoms with Crippen molar-refractivity contribution in [1.82, 2.24) is 0 Å². The van der Waals surface area contributed by atoms with Crippen LogP contribution >= 0.6 is 0 Å². The molecule has 0 spiro atoms. The minimum absolute atomic E-state index is 0.243. The molecule has 0 fully saturated rings. The molecule has 2 aromatic rings. The van der Waals surface area contributed by atoms with Crippen molar-refractivity contribution in [3.8, 4) is 11.5 Å². The van der Waals surface area contributed by atoms with E-state index in [0.717, 1.165) is 22.3 Å². The number of hydrogen-bond acceptors (Lipinski definition) is 3. The first-order valence-electron chi connectivity index (χ1n) is 7.51.